The van der Waals surface area contributed by atoms with Crippen LogP contribution in [-0.2, 0) is 0 Å². The maximum atomic E-state index is 13.4. The fourth-order valence-corrected chi connectivity index (χ4v) is 3.35. The van der Waals surface area contributed by atoms with Crippen molar-refractivity contribution in [3.05, 3.63) is 90.1 Å². The summed E-state index contributed by atoms with van der Waals surface area (Å²) in [5, 5.41) is 13.8. The van der Waals surface area contributed by atoms with Crippen LogP contribution >= 0.6 is 11.6 Å². The highest BCUT2D eigenvalue weighted by Gasteiger charge is 2.21. The molecule has 0 aliphatic carbocycles. The molecule has 7 heteroatoms. The van der Waals surface area contributed by atoms with Gasteiger partial charge in [-0.1, -0.05) is 17.7 Å². The number of halogens is 2. The van der Waals surface area contributed by atoms with Crippen LogP contribution in [0.15, 0.2) is 79.3 Å². The molecule has 136 valence electrons. The summed E-state index contributed by atoms with van der Waals surface area (Å²) in [7, 11) is 0. The molecule has 0 aliphatic rings. The Bertz CT molecular complexity index is 1270. The van der Waals surface area contributed by atoms with E-state index in [1.54, 1.807) is 23.0 Å². The second kappa shape index (κ2) is 6.58. The average Bonchev–Trinajstić information content (AvgIpc) is 3.33. The highest BCUT2D eigenvalue weighted by Crippen LogP contribution is 2.35. The first kappa shape index (κ1) is 16.6. The minimum absolute atomic E-state index is 0.293. The smallest absolute Gasteiger partial charge is 0.172 e. The van der Waals surface area contributed by atoms with Crippen molar-refractivity contribution in [3.63, 3.8) is 0 Å². The van der Waals surface area contributed by atoms with Gasteiger partial charge in [0, 0.05) is 22.5 Å². The molecule has 0 saturated carbocycles. The molecule has 0 N–H and O–H groups in total. The Kier molecular flexibility index (Phi) is 3.91. The van der Waals surface area contributed by atoms with E-state index in [-0.39, 0.29) is 5.82 Å². The summed E-state index contributed by atoms with van der Waals surface area (Å²) in [6.07, 6.45) is 3.52. The highest BCUT2D eigenvalue weighted by molar-refractivity contribution is 6.30. The number of aromatic nitrogens is 5. The van der Waals surface area contributed by atoms with Crippen LogP contribution in [-0.4, -0.2) is 24.4 Å². The van der Waals surface area contributed by atoms with Gasteiger partial charge in [-0.3, -0.25) is 4.57 Å². The Balaban J connectivity index is 1.78. The van der Waals surface area contributed by atoms with Gasteiger partial charge in [0.2, 0.25) is 0 Å². The normalized spacial score (nSPS) is 11.2. The lowest BCUT2D eigenvalue weighted by Crippen LogP contribution is -1.97. The molecule has 0 atom stereocenters. The number of rotatable bonds is 3. The summed E-state index contributed by atoms with van der Waals surface area (Å²) in [5.41, 5.74) is 4.08. The van der Waals surface area contributed by atoms with Gasteiger partial charge in [0.05, 0.1) is 11.1 Å². The fraction of sp³-hybridized carbons (Fsp3) is 0. The van der Waals surface area contributed by atoms with Crippen LogP contribution in [0.3, 0.4) is 0 Å². The van der Waals surface area contributed by atoms with E-state index in [1.165, 1.54) is 12.1 Å². The zero-order valence-corrected chi connectivity index (χ0v) is 15.3. The standard InChI is InChI=1S/C21H13ClFN5/c22-15-6-10-17(11-7-15)27-13-24-25-21(27)19-18-3-1-2-12-28(18)26-20(19)14-4-8-16(23)9-5-14/h1-13H. The van der Waals surface area contributed by atoms with E-state index < -0.39 is 0 Å². The highest BCUT2D eigenvalue weighted by atomic mass is 35.5. The van der Waals surface area contributed by atoms with Crippen molar-refractivity contribution in [2.24, 2.45) is 0 Å². The SMILES string of the molecule is Fc1ccc(-c2nn3ccccc3c2-c2nncn2-c2ccc(Cl)cc2)cc1. The molecule has 2 aromatic carbocycles. The maximum Gasteiger partial charge on any atom is 0.172 e. The van der Waals surface area contributed by atoms with Crippen LogP contribution in [0.2, 0.25) is 5.02 Å². The van der Waals surface area contributed by atoms with E-state index >= 15 is 0 Å². The predicted molar refractivity (Wildman–Crippen MR) is 106 cm³/mol. The number of benzene rings is 2. The van der Waals surface area contributed by atoms with Crippen LogP contribution in [0.25, 0.3) is 33.8 Å². The third kappa shape index (κ3) is 2.75. The van der Waals surface area contributed by atoms with E-state index in [1.807, 2.05) is 53.2 Å². The van der Waals surface area contributed by atoms with Gasteiger partial charge in [0.1, 0.15) is 17.8 Å². The van der Waals surface area contributed by atoms with Gasteiger partial charge in [-0.2, -0.15) is 5.10 Å². The second-order valence-corrected chi connectivity index (χ2v) is 6.70. The number of pyridine rings is 1. The molecule has 0 unspecified atom stereocenters. The number of hydrogen-bond donors (Lipinski definition) is 0. The summed E-state index contributed by atoms with van der Waals surface area (Å²) in [6.45, 7) is 0. The first-order valence-electron chi connectivity index (χ1n) is 8.60. The van der Waals surface area contributed by atoms with Crippen molar-refractivity contribution >= 4 is 17.1 Å². The average molecular weight is 390 g/mol. The first-order chi connectivity index (χ1) is 13.7. The van der Waals surface area contributed by atoms with Crippen molar-refractivity contribution in [1.82, 2.24) is 24.4 Å². The van der Waals surface area contributed by atoms with Crippen LogP contribution in [0, 0.1) is 5.82 Å². The van der Waals surface area contributed by atoms with Gasteiger partial charge in [0.25, 0.3) is 0 Å². The Hall–Kier alpha value is -3.51. The first-order valence-corrected chi connectivity index (χ1v) is 8.98. The largest absolute Gasteiger partial charge is 0.281 e. The molecule has 3 aromatic heterocycles. The van der Waals surface area contributed by atoms with Crippen molar-refractivity contribution in [2.45, 2.75) is 0 Å². The lowest BCUT2D eigenvalue weighted by atomic mass is 10.1. The summed E-state index contributed by atoms with van der Waals surface area (Å²) in [5.74, 6) is 0.348. The maximum absolute atomic E-state index is 13.4. The minimum Gasteiger partial charge on any atom is -0.281 e. The van der Waals surface area contributed by atoms with Crippen molar-refractivity contribution in [2.75, 3.05) is 0 Å². The molecular formula is C21H13ClFN5. The molecule has 5 nitrogen and oxygen atoms in total. The van der Waals surface area contributed by atoms with Gasteiger partial charge in [-0.25, -0.2) is 8.91 Å². The van der Waals surface area contributed by atoms with Gasteiger partial charge >= 0.3 is 0 Å². The van der Waals surface area contributed by atoms with E-state index in [4.69, 9.17) is 16.7 Å². The quantitative estimate of drug-likeness (QED) is 0.434. The molecule has 3 heterocycles. The number of nitrogens with zero attached hydrogens (tertiary/aromatic N) is 5. The zero-order valence-electron chi connectivity index (χ0n) is 14.5. The Morgan fingerprint density at radius 2 is 1.68 bits per heavy atom. The molecule has 0 radical (unpaired) electrons. The van der Waals surface area contributed by atoms with Crippen LogP contribution in [0.5, 0.6) is 0 Å². The topological polar surface area (TPSA) is 48.0 Å². The van der Waals surface area contributed by atoms with Crippen LogP contribution < -0.4 is 0 Å². The van der Waals surface area contributed by atoms with Crippen molar-refractivity contribution < 1.29 is 4.39 Å². The Morgan fingerprint density at radius 1 is 0.893 bits per heavy atom. The van der Waals surface area contributed by atoms with Crippen molar-refractivity contribution in [1.29, 1.82) is 0 Å². The van der Waals surface area contributed by atoms with Crippen LogP contribution in [0.4, 0.5) is 4.39 Å². The third-order valence-electron chi connectivity index (χ3n) is 4.53. The fourth-order valence-electron chi connectivity index (χ4n) is 3.23. The summed E-state index contributed by atoms with van der Waals surface area (Å²) >= 11 is 6.02. The van der Waals surface area contributed by atoms with E-state index in [9.17, 15) is 4.39 Å². The molecular weight excluding hydrogens is 377 g/mol. The Morgan fingerprint density at radius 3 is 2.46 bits per heavy atom. The summed E-state index contributed by atoms with van der Waals surface area (Å²) in [6, 6.07) is 19.5. The summed E-state index contributed by atoms with van der Waals surface area (Å²) in [4.78, 5) is 0. The number of hydrogen-bond acceptors (Lipinski definition) is 3. The molecule has 0 spiro atoms. The molecule has 28 heavy (non-hydrogen) atoms. The molecule has 0 fully saturated rings. The molecule has 0 saturated heterocycles. The van der Waals surface area contributed by atoms with Gasteiger partial charge in [0.15, 0.2) is 5.82 Å². The third-order valence-corrected chi connectivity index (χ3v) is 4.79. The van der Waals surface area contributed by atoms with Crippen molar-refractivity contribution in [3.8, 4) is 28.3 Å². The molecule has 0 amide bonds. The summed E-state index contributed by atoms with van der Waals surface area (Å²) < 4.78 is 17.1. The minimum atomic E-state index is -0.293. The lowest BCUT2D eigenvalue weighted by molar-refractivity contribution is 0.628. The van der Waals surface area contributed by atoms with Crippen LogP contribution in [0.1, 0.15) is 0 Å². The van der Waals surface area contributed by atoms with Gasteiger partial charge in [-0.05, 0) is 60.7 Å². The number of fused-ring (bicyclic) bond motifs is 1. The molecule has 5 aromatic rings. The lowest BCUT2D eigenvalue weighted by Gasteiger charge is -2.08. The van der Waals surface area contributed by atoms with E-state index in [0.29, 0.717) is 16.5 Å². The monoisotopic (exact) mass is 389 g/mol. The predicted octanol–water partition coefficient (Wildman–Crippen LogP) is 5.04. The van der Waals surface area contributed by atoms with E-state index in [0.717, 1.165) is 22.3 Å². The molecule has 0 bridgehead atoms. The molecule has 5 rings (SSSR count). The second-order valence-electron chi connectivity index (χ2n) is 6.26. The zero-order chi connectivity index (χ0) is 19.1. The van der Waals surface area contributed by atoms with Gasteiger partial charge < -0.3 is 0 Å². The Labute approximate surface area is 164 Å². The molecule has 0 aliphatic heterocycles. The van der Waals surface area contributed by atoms with Gasteiger partial charge in [-0.15, -0.1) is 10.2 Å². The van der Waals surface area contributed by atoms with E-state index in [2.05, 4.69) is 10.2 Å².